The average molecular weight is 414 g/mol. The molecule has 158 valence electrons. The van der Waals surface area contributed by atoms with Crippen LogP contribution in [-0.4, -0.2) is 57.5 Å². The predicted octanol–water partition coefficient (Wildman–Crippen LogP) is 3.90. The highest BCUT2D eigenvalue weighted by Crippen LogP contribution is 2.29. The van der Waals surface area contributed by atoms with Crippen molar-refractivity contribution >= 4 is 16.9 Å². The number of nitriles is 1. The van der Waals surface area contributed by atoms with Crippen molar-refractivity contribution in [2.75, 3.05) is 20.1 Å². The van der Waals surface area contributed by atoms with Crippen LogP contribution in [0.15, 0.2) is 42.5 Å². The first-order valence-corrected chi connectivity index (χ1v) is 11.1. The van der Waals surface area contributed by atoms with E-state index in [4.69, 9.17) is 5.26 Å². The highest BCUT2D eigenvalue weighted by molar-refractivity contribution is 5.94. The molecule has 6 heteroatoms. The highest BCUT2D eigenvalue weighted by atomic mass is 16.2. The first kappa shape index (κ1) is 19.8. The lowest BCUT2D eigenvalue weighted by Gasteiger charge is -2.35. The number of imidazole rings is 1. The molecule has 1 amide bonds. The Morgan fingerprint density at radius 3 is 2.61 bits per heavy atom. The predicted molar refractivity (Wildman–Crippen MR) is 120 cm³/mol. The zero-order valence-corrected chi connectivity index (χ0v) is 18.1. The summed E-state index contributed by atoms with van der Waals surface area (Å²) in [6, 6.07) is 16.5. The van der Waals surface area contributed by atoms with E-state index in [1.165, 1.54) is 19.3 Å². The van der Waals surface area contributed by atoms with E-state index in [9.17, 15) is 4.79 Å². The molecule has 1 atom stereocenters. The first-order chi connectivity index (χ1) is 15.0. The van der Waals surface area contributed by atoms with Gasteiger partial charge in [0.05, 0.1) is 22.7 Å². The molecular weight excluding hydrogens is 386 g/mol. The summed E-state index contributed by atoms with van der Waals surface area (Å²) >= 11 is 0. The number of nitrogens with zero attached hydrogens (tertiary/aromatic N) is 5. The Balaban J connectivity index is 1.34. The fourth-order valence-corrected chi connectivity index (χ4v) is 4.89. The van der Waals surface area contributed by atoms with Gasteiger partial charge in [0.1, 0.15) is 5.82 Å². The van der Waals surface area contributed by atoms with Crippen LogP contribution in [0.5, 0.6) is 0 Å². The molecule has 5 rings (SSSR count). The van der Waals surface area contributed by atoms with E-state index in [1.807, 2.05) is 49.2 Å². The number of hydrogen-bond acceptors (Lipinski definition) is 4. The largest absolute Gasteiger partial charge is 0.337 e. The SMILES string of the molecule is Cc1nc2cc(C#N)ccc2n1-c1ccc(C(=O)N(C)[C@@H]2CCN(C3CCC3)C2)cc1. The van der Waals surface area contributed by atoms with Crippen molar-refractivity contribution in [3.05, 3.63) is 59.4 Å². The zero-order chi connectivity index (χ0) is 21.5. The quantitative estimate of drug-likeness (QED) is 0.651. The first-order valence-electron chi connectivity index (χ1n) is 11.1. The van der Waals surface area contributed by atoms with Crippen LogP contribution >= 0.6 is 0 Å². The Labute approximate surface area is 182 Å². The minimum atomic E-state index is 0.0814. The highest BCUT2D eigenvalue weighted by Gasteiger charge is 2.34. The number of hydrogen-bond donors (Lipinski definition) is 0. The number of benzene rings is 2. The van der Waals surface area contributed by atoms with Gasteiger partial charge in [0, 0.05) is 43.5 Å². The van der Waals surface area contributed by atoms with E-state index in [0.29, 0.717) is 17.2 Å². The Morgan fingerprint density at radius 2 is 1.94 bits per heavy atom. The maximum atomic E-state index is 13.1. The average Bonchev–Trinajstić information content (AvgIpc) is 3.35. The smallest absolute Gasteiger partial charge is 0.253 e. The lowest BCUT2D eigenvalue weighted by atomic mass is 9.92. The van der Waals surface area contributed by atoms with Crippen LogP contribution in [0.4, 0.5) is 0 Å². The summed E-state index contributed by atoms with van der Waals surface area (Å²) in [6.07, 6.45) is 5.03. The van der Waals surface area contributed by atoms with Gasteiger partial charge >= 0.3 is 0 Å². The second kappa shape index (κ2) is 7.82. The minimum absolute atomic E-state index is 0.0814. The summed E-state index contributed by atoms with van der Waals surface area (Å²) in [4.78, 5) is 22.2. The molecule has 2 heterocycles. The van der Waals surface area contributed by atoms with E-state index in [1.54, 1.807) is 12.1 Å². The van der Waals surface area contributed by atoms with Gasteiger partial charge in [-0.25, -0.2) is 4.98 Å². The van der Waals surface area contributed by atoms with E-state index < -0.39 is 0 Å². The monoisotopic (exact) mass is 413 g/mol. The minimum Gasteiger partial charge on any atom is -0.337 e. The molecule has 6 nitrogen and oxygen atoms in total. The van der Waals surface area contributed by atoms with Gasteiger partial charge in [-0.1, -0.05) is 6.42 Å². The molecule has 1 aliphatic carbocycles. The third-order valence-corrected chi connectivity index (χ3v) is 6.98. The number of fused-ring (bicyclic) bond motifs is 1. The van der Waals surface area contributed by atoms with E-state index >= 15 is 0 Å². The van der Waals surface area contributed by atoms with Crippen LogP contribution in [0.25, 0.3) is 16.7 Å². The van der Waals surface area contributed by atoms with Crippen LogP contribution in [0.1, 0.15) is 47.4 Å². The van der Waals surface area contributed by atoms with Gasteiger partial charge in [-0.15, -0.1) is 0 Å². The summed E-state index contributed by atoms with van der Waals surface area (Å²) in [5.74, 6) is 0.932. The molecule has 3 aromatic rings. The van der Waals surface area contributed by atoms with E-state index in [-0.39, 0.29) is 5.91 Å². The standard InChI is InChI=1S/C25H27N5O/c1-17-27-23-14-18(15-26)6-11-24(23)30(17)21-9-7-19(8-10-21)25(31)28(2)22-12-13-29(16-22)20-4-3-5-20/h6-11,14,20,22H,3-5,12-13,16H2,1-2H3/t22-/m1/s1. The maximum absolute atomic E-state index is 13.1. The van der Waals surface area contributed by atoms with Crippen molar-refractivity contribution in [2.45, 2.75) is 44.7 Å². The second-order valence-corrected chi connectivity index (χ2v) is 8.79. The third kappa shape index (κ3) is 3.49. The normalized spacial score (nSPS) is 19.3. The summed E-state index contributed by atoms with van der Waals surface area (Å²) in [5.41, 5.74) is 4.02. The van der Waals surface area contributed by atoms with Gasteiger partial charge in [-0.3, -0.25) is 14.3 Å². The number of carbonyl (C=O) groups is 1. The molecule has 0 bridgehead atoms. The van der Waals surface area contributed by atoms with Gasteiger partial charge < -0.3 is 4.90 Å². The van der Waals surface area contributed by atoms with Crippen LogP contribution in [0.3, 0.4) is 0 Å². The van der Waals surface area contributed by atoms with Crippen LogP contribution in [0.2, 0.25) is 0 Å². The van der Waals surface area contributed by atoms with Gasteiger partial charge in [-0.05, 0) is 68.7 Å². The molecule has 2 fully saturated rings. The molecule has 1 saturated heterocycles. The lowest BCUT2D eigenvalue weighted by Crippen LogP contribution is -2.43. The molecule has 1 aliphatic heterocycles. The summed E-state index contributed by atoms with van der Waals surface area (Å²) in [6.45, 7) is 4.05. The van der Waals surface area contributed by atoms with Crippen molar-refractivity contribution < 1.29 is 4.79 Å². The van der Waals surface area contributed by atoms with Crippen molar-refractivity contribution in [3.8, 4) is 11.8 Å². The lowest BCUT2D eigenvalue weighted by molar-refractivity contribution is 0.0720. The van der Waals surface area contributed by atoms with E-state index in [2.05, 4.69) is 20.5 Å². The van der Waals surface area contributed by atoms with Crippen LogP contribution in [0, 0.1) is 18.3 Å². The van der Waals surface area contributed by atoms with Crippen molar-refractivity contribution in [1.29, 1.82) is 5.26 Å². The van der Waals surface area contributed by atoms with E-state index in [0.717, 1.165) is 48.1 Å². The van der Waals surface area contributed by atoms with Crippen LogP contribution in [-0.2, 0) is 0 Å². The maximum Gasteiger partial charge on any atom is 0.253 e. The molecule has 2 aliphatic rings. The van der Waals surface area contributed by atoms with Gasteiger partial charge in [0.25, 0.3) is 5.91 Å². The van der Waals surface area contributed by atoms with Crippen molar-refractivity contribution in [1.82, 2.24) is 19.4 Å². The summed E-state index contributed by atoms with van der Waals surface area (Å²) < 4.78 is 2.06. The topological polar surface area (TPSA) is 65.2 Å². The molecule has 1 saturated carbocycles. The van der Waals surface area contributed by atoms with Crippen LogP contribution < -0.4 is 0 Å². The Hall–Kier alpha value is -3.17. The number of likely N-dealkylation sites (N-methyl/N-ethyl adjacent to an activating group) is 1. The summed E-state index contributed by atoms with van der Waals surface area (Å²) in [5, 5.41) is 9.13. The summed E-state index contributed by atoms with van der Waals surface area (Å²) in [7, 11) is 1.94. The number of likely N-dealkylation sites (tertiary alicyclic amines) is 1. The Bertz CT molecular complexity index is 1170. The number of amides is 1. The number of aryl methyl sites for hydroxylation is 1. The fraction of sp³-hybridized carbons (Fsp3) is 0.400. The molecule has 0 radical (unpaired) electrons. The zero-order valence-electron chi connectivity index (χ0n) is 18.1. The van der Waals surface area contributed by atoms with Gasteiger partial charge in [0.2, 0.25) is 0 Å². The molecule has 0 unspecified atom stereocenters. The molecule has 0 spiro atoms. The Morgan fingerprint density at radius 1 is 1.16 bits per heavy atom. The second-order valence-electron chi connectivity index (χ2n) is 8.79. The molecule has 31 heavy (non-hydrogen) atoms. The molecule has 1 aromatic heterocycles. The van der Waals surface area contributed by atoms with Gasteiger partial charge in [-0.2, -0.15) is 5.26 Å². The molecule has 2 aromatic carbocycles. The van der Waals surface area contributed by atoms with Crippen molar-refractivity contribution in [2.24, 2.45) is 0 Å². The number of rotatable bonds is 4. The molecular formula is C25H27N5O. The Kier molecular flexibility index (Phi) is 4.99. The third-order valence-electron chi connectivity index (χ3n) is 6.98. The number of aromatic nitrogens is 2. The van der Waals surface area contributed by atoms with Crippen molar-refractivity contribution in [3.63, 3.8) is 0 Å². The van der Waals surface area contributed by atoms with Gasteiger partial charge in [0.15, 0.2) is 0 Å². The molecule has 0 N–H and O–H groups in total. The fourth-order valence-electron chi connectivity index (χ4n) is 4.89. The number of carbonyl (C=O) groups excluding carboxylic acids is 1.